The largest absolute Gasteiger partial charge is 0.487 e. The molecule has 0 fully saturated rings. The first-order valence-corrected chi connectivity index (χ1v) is 10.4. The van der Waals surface area contributed by atoms with Crippen LogP contribution in [-0.4, -0.2) is 10.8 Å². The monoisotopic (exact) mass is 511 g/mol. The molecule has 1 N–H and O–H groups in total. The number of carbonyl (C=O) groups is 1. The van der Waals surface area contributed by atoms with E-state index in [0.717, 1.165) is 10.0 Å². The van der Waals surface area contributed by atoms with Gasteiger partial charge in [0.1, 0.15) is 24.0 Å². The minimum absolute atomic E-state index is 0.171. The Hall–Kier alpha value is -3.67. The van der Waals surface area contributed by atoms with E-state index in [1.165, 1.54) is 30.3 Å². The first-order chi connectivity index (χ1) is 15.4. The molecule has 0 aromatic heterocycles. The molecule has 3 aromatic rings. The van der Waals surface area contributed by atoms with Gasteiger partial charge in [-0.1, -0.05) is 51.8 Å². The molecule has 7 nitrogen and oxygen atoms in total. The van der Waals surface area contributed by atoms with Gasteiger partial charge in [0.2, 0.25) is 0 Å². The predicted molar refractivity (Wildman–Crippen MR) is 125 cm³/mol. The summed E-state index contributed by atoms with van der Waals surface area (Å²) in [4.78, 5) is 22.7. The zero-order chi connectivity index (χ0) is 23.1. The van der Waals surface area contributed by atoms with Crippen molar-refractivity contribution in [1.82, 2.24) is 0 Å². The lowest BCUT2D eigenvalue weighted by molar-refractivity contribution is -0.384. The van der Waals surface area contributed by atoms with E-state index in [1.54, 1.807) is 18.2 Å². The Balaban J connectivity index is 1.71. The number of hydrogen-bond acceptors (Lipinski definition) is 5. The maximum atomic E-state index is 12.4. The molecule has 1 amide bonds. The fourth-order valence-corrected chi connectivity index (χ4v) is 3.18. The van der Waals surface area contributed by atoms with E-state index in [1.807, 2.05) is 30.3 Å². The molecule has 160 valence electrons. The lowest BCUT2D eigenvalue weighted by Gasteiger charge is -2.09. The highest BCUT2D eigenvalue weighted by molar-refractivity contribution is 9.10. The summed E-state index contributed by atoms with van der Waals surface area (Å²) < 4.78 is 6.71. The number of nitrogens with zero attached hydrogens (tertiary/aromatic N) is 2. The number of anilines is 1. The summed E-state index contributed by atoms with van der Waals surface area (Å²) in [5.74, 6) is -0.231. The Morgan fingerprint density at radius 1 is 1.19 bits per heavy atom. The summed E-state index contributed by atoms with van der Waals surface area (Å²) in [6, 6.07) is 19.9. The molecule has 0 heterocycles. The first-order valence-electron chi connectivity index (χ1n) is 9.20. The summed E-state index contributed by atoms with van der Waals surface area (Å²) in [5.41, 5.74) is 1.35. The van der Waals surface area contributed by atoms with Crippen LogP contribution in [0.1, 0.15) is 11.1 Å². The summed E-state index contributed by atoms with van der Waals surface area (Å²) in [5, 5.41) is 23.1. The molecule has 0 bridgehead atoms. The molecular formula is C23H15BrClN3O4. The van der Waals surface area contributed by atoms with E-state index in [0.29, 0.717) is 22.9 Å². The van der Waals surface area contributed by atoms with Gasteiger partial charge in [-0.05, 0) is 47.5 Å². The molecule has 0 spiro atoms. The van der Waals surface area contributed by atoms with Gasteiger partial charge in [-0.15, -0.1) is 0 Å². The minimum atomic E-state index is -0.695. The van der Waals surface area contributed by atoms with Gasteiger partial charge in [0.25, 0.3) is 11.6 Å². The lowest BCUT2D eigenvalue weighted by atomic mass is 10.1. The van der Waals surface area contributed by atoms with E-state index < -0.39 is 10.8 Å². The Kier molecular flexibility index (Phi) is 7.60. The topological polar surface area (TPSA) is 105 Å². The Labute approximate surface area is 197 Å². The Morgan fingerprint density at radius 2 is 1.94 bits per heavy atom. The van der Waals surface area contributed by atoms with Gasteiger partial charge in [0, 0.05) is 22.3 Å². The molecule has 9 heteroatoms. The molecule has 0 aliphatic carbocycles. The zero-order valence-electron chi connectivity index (χ0n) is 16.4. The van der Waals surface area contributed by atoms with Crippen LogP contribution < -0.4 is 10.1 Å². The van der Waals surface area contributed by atoms with E-state index in [4.69, 9.17) is 16.3 Å². The quantitative estimate of drug-likeness (QED) is 0.177. The number of nitro groups is 1. The number of amides is 1. The van der Waals surface area contributed by atoms with Crippen LogP contribution in [0, 0.1) is 21.4 Å². The van der Waals surface area contributed by atoms with Crippen LogP contribution in [0.2, 0.25) is 5.02 Å². The van der Waals surface area contributed by atoms with Gasteiger partial charge in [0.15, 0.2) is 0 Å². The lowest BCUT2D eigenvalue weighted by Crippen LogP contribution is -2.13. The van der Waals surface area contributed by atoms with Gasteiger partial charge < -0.3 is 10.1 Å². The van der Waals surface area contributed by atoms with E-state index in [2.05, 4.69) is 21.2 Å². The summed E-state index contributed by atoms with van der Waals surface area (Å²) >= 11 is 9.67. The predicted octanol–water partition coefficient (Wildman–Crippen LogP) is 6.14. The van der Waals surface area contributed by atoms with E-state index >= 15 is 0 Å². The van der Waals surface area contributed by atoms with Crippen molar-refractivity contribution in [2.24, 2.45) is 0 Å². The number of benzene rings is 3. The number of non-ortho nitro benzene ring substituents is 1. The standard InChI is InChI=1S/C23H15BrClN3O4/c24-18-7-4-15(5-8-18)14-32-22-9-6-16(11-21(22)25)10-17(13-26)23(29)27-19-2-1-3-20(12-19)28(30)31/h1-12H,14H2,(H,27,29)/b17-10+. The van der Waals surface area contributed by atoms with Crippen LogP contribution in [0.5, 0.6) is 5.75 Å². The smallest absolute Gasteiger partial charge is 0.271 e. The second-order valence-corrected chi connectivity index (χ2v) is 7.86. The van der Waals surface area contributed by atoms with Crippen LogP contribution in [0.4, 0.5) is 11.4 Å². The van der Waals surface area contributed by atoms with E-state index in [9.17, 15) is 20.2 Å². The van der Waals surface area contributed by atoms with Crippen molar-refractivity contribution in [3.63, 3.8) is 0 Å². The van der Waals surface area contributed by atoms with Crippen LogP contribution >= 0.6 is 27.5 Å². The van der Waals surface area contributed by atoms with Gasteiger partial charge >= 0.3 is 0 Å². The van der Waals surface area contributed by atoms with Crippen molar-refractivity contribution in [2.45, 2.75) is 6.61 Å². The van der Waals surface area contributed by atoms with Gasteiger partial charge in [0.05, 0.1) is 9.95 Å². The molecular weight excluding hydrogens is 498 g/mol. The van der Waals surface area contributed by atoms with Crippen molar-refractivity contribution in [3.05, 3.63) is 103 Å². The van der Waals surface area contributed by atoms with Crippen molar-refractivity contribution in [2.75, 3.05) is 5.32 Å². The molecule has 0 unspecified atom stereocenters. The zero-order valence-corrected chi connectivity index (χ0v) is 18.8. The second kappa shape index (κ2) is 10.6. The third-order valence-electron chi connectivity index (χ3n) is 4.25. The molecule has 3 aromatic carbocycles. The first kappa shape index (κ1) is 23.0. The SMILES string of the molecule is N#C/C(=C\c1ccc(OCc2ccc(Br)cc2)c(Cl)c1)C(=O)Nc1cccc([N+](=O)[O-])c1. The molecule has 0 saturated carbocycles. The van der Waals surface area contributed by atoms with Crippen molar-refractivity contribution >= 4 is 50.9 Å². The van der Waals surface area contributed by atoms with Crippen molar-refractivity contribution in [3.8, 4) is 11.8 Å². The number of halogens is 2. The van der Waals surface area contributed by atoms with Crippen LogP contribution in [0.25, 0.3) is 6.08 Å². The normalized spacial score (nSPS) is 10.8. The number of rotatable bonds is 7. The number of carbonyl (C=O) groups excluding carboxylic acids is 1. The molecule has 0 aliphatic rings. The van der Waals surface area contributed by atoms with Crippen molar-refractivity contribution < 1.29 is 14.5 Å². The molecule has 32 heavy (non-hydrogen) atoms. The summed E-state index contributed by atoms with van der Waals surface area (Å²) in [7, 11) is 0. The highest BCUT2D eigenvalue weighted by Gasteiger charge is 2.13. The highest BCUT2D eigenvalue weighted by atomic mass is 79.9. The molecule has 0 radical (unpaired) electrons. The second-order valence-electron chi connectivity index (χ2n) is 6.54. The third kappa shape index (κ3) is 6.17. The molecule has 0 saturated heterocycles. The average molecular weight is 513 g/mol. The van der Waals surface area contributed by atoms with E-state index in [-0.39, 0.29) is 16.9 Å². The fraction of sp³-hybridized carbons (Fsp3) is 0.0435. The Bertz CT molecular complexity index is 1240. The third-order valence-corrected chi connectivity index (χ3v) is 5.08. The molecule has 3 rings (SSSR count). The number of ether oxygens (including phenoxy) is 1. The number of nitrogens with one attached hydrogen (secondary N) is 1. The number of nitriles is 1. The minimum Gasteiger partial charge on any atom is -0.487 e. The summed E-state index contributed by atoms with van der Waals surface area (Å²) in [6.45, 7) is 0.331. The maximum Gasteiger partial charge on any atom is 0.271 e. The number of nitro benzene ring substituents is 1. The Morgan fingerprint density at radius 3 is 2.59 bits per heavy atom. The van der Waals surface area contributed by atoms with Gasteiger partial charge in [-0.25, -0.2) is 0 Å². The molecule has 0 aliphatic heterocycles. The fourth-order valence-electron chi connectivity index (χ4n) is 2.68. The van der Waals surface area contributed by atoms with Crippen molar-refractivity contribution in [1.29, 1.82) is 5.26 Å². The van der Waals surface area contributed by atoms with Gasteiger partial charge in [-0.2, -0.15) is 5.26 Å². The average Bonchev–Trinajstić information content (AvgIpc) is 2.78. The van der Waals surface area contributed by atoms with Crippen LogP contribution in [0.3, 0.4) is 0 Å². The molecule has 0 atom stereocenters. The van der Waals surface area contributed by atoms with Crippen LogP contribution in [0.15, 0.2) is 76.8 Å². The maximum absolute atomic E-state index is 12.4. The summed E-state index contributed by atoms with van der Waals surface area (Å²) in [6.07, 6.45) is 1.37. The van der Waals surface area contributed by atoms with Gasteiger partial charge in [-0.3, -0.25) is 14.9 Å². The van der Waals surface area contributed by atoms with Crippen LogP contribution in [-0.2, 0) is 11.4 Å². The highest BCUT2D eigenvalue weighted by Crippen LogP contribution is 2.27. The number of hydrogen-bond donors (Lipinski definition) is 1.